The number of sulfone groups is 1. The fraction of sp³-hybridized carbons (Fsp3) is 0.889. The van der Waals surface area contributed by atoms with Crippen LogP contribution in [-0.4, -0.2) is 91.7 Å². The third-order valence-corrected chi connectivity index (χ3v) is 7.28. The minimum absolute atomic E-state index is 0.0150. The maximum Gasteiger partial charge on any atom is 0.237 e. The highest BCUT2D eigenvalue weighted by atomic mass is 32.2. The first-order chi connectivity index (χ1) is 12.3. The van der Waals surface area contributed by atoms with Gasteiger partial charge in [0.1, 0.15) is 0 Å². The Balaban J connectivity index is 2.01. The summed E-state index contributed by atoms with van der Waals surface area (Å²) in [4.78, 5) is 30.6. The van der Waals surface area contributed by atoms with Crippen molar-refractivity contribution < 1.29 is 18.0 Å². The van der Waals surface area contributed by atoms with Crippen LogP contribution >= 0.6 is 0 Å². The Bertz CT molecular complexity index is 598. The van der Waals surface area contributed by atoms with Crippen molar-refractivity contribution >= 4 is 21.7 Å². The summed E-state index contributed by atoms with van der Waals surface area (Å²) in [6.45, 7) is 5.55. The molecule has 150 valence electrons. The van der Waals surface area contributed by atoms with Crippen LogP contribution in [0.1, 0.15) is 46.0 Å². The van der Waals surface area contributed by atoms with Gasteiger partial charge < -0.3 is 9.80 Å². The molecule has 2 fully saturated rings. The summed E-state index contributed by atoms with van der Waals surface area (Å²) >= 11 is 0. The van der Waals surface area contributed by atoms with Gasteiger partial charge in [-0.15, -0.1) is 0 Å². The highest BCUT2D eigenvalue weighted by molar-refractivity contribution is 7.91. The van der Waals surface area contributed by atoms with Crippen LogP contribution in [0, 0.1) is 0 Å². The van der Waals surface area contributed by atoms with Crippen molar-refractivity contribution in [1.82, 2.24) is 14.7 Å². The van der Waals surface area contributed by atoms with Crippen molar-refractivity contribution in [3.8, 4) is 0 Å². The average Bonchev–Trinajstić information content (AvgIpc) is 3.18. The fourth-order valence-electron chi connectivity index (χ4n) is 4.16. The maximum absolute atomic E-state index is 13.0. The molecule has 0 aromatic heterocycles. The number of nitrogens with zero attached hydrogens (tertiary/aromatic N) is 3. The third kappa shape index (κ3) is 5.42. The van der Waals surface area contributed by atoms with Crippen LogP contribution in [0.25, 0.3) is 0 Å². The second-order valence-electron chi connectivity index (χ2n) is 7.53. The lowest BCUT2D eigenvalue weighted by atomic mass is 10.1. The summed E-state index contributed by atoms with van der Waals surface area (Å²) in [6, 6.07) is -0.0600. The van der Waals surface area contributed by atoms with Gasteiger partial charge in [-0.3, -0.25) is 14.5 Å². The lowest BCUT2D eigenvalue weighted by Crippen LogP contribution is -2.51. The second-order valence-corrected chi connectivity index (χ2v) is 9.76. The molecule has 1 aliphatic carbocycles. The molecule has 0 radical (unpaired) electrons. The SMILES string of the molecule is CCN(CC)C(=O)CN(C)CC(=O)N(C1CCCC1)C1CCS(=O)(=O)C1. The molecule has 1 saturated heterocycles. The maximum atomic E-state index is 13.0. The monoisotopic (exact) mass is 387 g/mol. The van der Waals surface area contributed by atoms with E-state index in [0.29, 0.717) is 19.5 Å². The molecule has 0 N–H and O–H groups in total. The van der Waals surface area contributed by atoms with Crippen molar-refractivity contribution in [2.45, 2.75) is 58.0 Å². The molecule has 7 nitrogen and oxygen atoms in total. The predicted molar refractivity (Wildman–Crippen MR) is 102 cm³/mol. The Kier molecular flexibility index (Phi) is 7.46. The summed E-state index contributed by atoms with van der Waals surface area (Å²) in [5.41, 5.74) is 0. The van der Waals surface area contributed by atoms with Crippen LogP contribution in [0.2, 0.25) is 0 Å². The summed E-state index contributed by atoms with van der Waals surface area (Å²) in [5.74, 6) is 0.219. The van der Waals surface area contributed by atoms with E-state index in [0.717, 1.165) is 25.7 Å². The van der Waals surface area contributed by atoms with Crippen LogP contribution in [0.5, 0.6) is 0 Å². The van der Waals surface area contributed by atoms with Gasteiger partial charge in [-0.1, -0.05) is 12.8 Å². The minimum Gasteiger partial charge on any atom is -0.342 e. The van der Waals surface area contributed by atoms with E-state index in [-0.39, 0.29) is 48.5 Å². The predicted octanol–water partition coefficient (Wildman–Crippen LogP) is 0.745. The molecule has 1 aliphatic heterocycles. The largest absolute Gasteiger partial charge is 0.342 e. The third-order valence-electron chi connectivity index (χ3n) is 5.53. The Labute approximate surface area is 157 Å². The van der Waals surface area contributed by atoms with Gasteiger partial charge in [0.25, 0.3) is 0 Å². The first-order valence-electron chi connectivity index (χ1n) is 9.75. The molecule has 1 heterocycles. The number of carbonyl (C=O) groups excluding carboxylic acids is 2. The van der Waals surface area contributed by atoms with Gasteiger partial charge in [-0.2, -0.15) is 0 Å². The van der Waals surface area contributed by atoms with Crippen molar-refractivity contribution in [1.29, 1.82) is 0 Å². The van der Waals surface area contributed by atoms with Crippen LogP contribution in [0.15, 0.2) is 0 Å². The first kappa shape index (κ1) is 21.2. The molecule has 0 bridgehead atoms. The van der Waals surface area contributed by atoms with Gasteiger partial charge in [-0.05, 0) is 40.2 Å². The summed E-state index contributed by atoms with van der Waals surface area (Å²) in [7, 11) is -1.26. The molecule has 0 aromatic carbocycles. The van der Waals surface area contributed by atoms with E-state index >= 15 is 0 Å². The number of carbonyl (C=O) groups is 2. The van der Waals surface area contributed by atoms with Crippen LogP contribution in [-0.2, 0) is 19.4 Å². The molecule has 2 amide bonds. The van der Waals surface area contributed by atoms with E-state index in [1.807, 2.05) is 18.7 Å². The highest BCUT2D eigenvalue weighted by Crippen LogP contribution is 2.29. The second kappa shape index (κ2) is 9.17. The van der Waals surface area contributed by atoms with Gasteiger partial charge in [0.05, 0.1) is 24.6 Å². The van der Waals surface area contributed by atoms with Gasteiger partial charge in [0.15, 0.2) is 9.84 Å². The number of likely N-dealkylation sites (N-methyl/N-ethyl adjacent to an activating group) is 2. The zero-order valence-corrected chi connectivity index (χ0v) is 17.1. The Morgan fingerprint density at radius 3 is 2.00 bits per heavy atom. The first-order valence-corrected chi connectivity index (χ1v) is 11.6. The standard InChI is InChI=1S/C18H33N3O4S/c1-4-20(5-2)17(22)12-19(3)13-18(23)21(15-8-6-7-9-15)16-10-11-26(24,25)14-16/h15-16H,4-14H2,1-3H3. The molecule has 0 spiro atoms. The summed E-state index contributed by atoms with van der Waals surface area (Å²) in [6.07, 6.45) is 4.61. The molecule has 2 rings (SSSR count). The van der Waals surface area contributed by atoms with E-state index in [9.17, 15) is 18.0 Å². The van der Waals surface area contributed by atoms with Crippen molar-refractivity contribution in [3.63, 3.8) is 0 Å². The molecule has 1 unspecified atom stereocenters. The molecule has 8 heteroatoms. The molecular weight excluding hydrogens is 354 g/mol. The van der Waals surface area contributed by atoms with E-state index in [1.54, 1.807) is 16.8 Å². The van der Waals surface area contributed by atoms with Crippen molar-refractivity contribution in [3.05, 3.63) is 0 Å². The summed E-state index contributed by atoms with van der Waals surface area (Å²) in [5, 5.41) is 0. The van der Waals surface area contributed by atoms with Crippen molar-refractivity contribution in [2.75, 3.05) is 44.7 Å². The zero-order valence-electron chi connectivity index (χ0n) is 16.3. The molecule has 26 heavy (non-hydrogen) atoms. The molecular formula is C18H33N3O4S. The van der Waals surface area contributed by atoms with E-state index in [1.165, 1.54) is 0 Å². The van der Waals surface area contributed by atoms with E-state index < -0.39 is 9.84 Å². The molecule has 2 aliphatic rings. The molecule has 1 atom stereocenters. The molecule has 1 saturated carbocycles. The number of hydrogen-bond donors (Lipinski definition) is 0. The Morgan fingerprint density at radius 1 is 0.923 bits per heavy atom. The van der Waals surface area contributed by atoms with Crippen molar-refractivity contribution in [2.24, 2.45) is 0 Å². The van der Waals surface area contributed by atoms with E-state index in [4.69, 9.17) is 0 Å². The Hall–Kier alpha value is -1.15. The molecule has 0 aromatic rings. The van der Waals surface area contributed by atoms with Crippen LogP contribution in [0.3, 0.4) is 0 Å². The fourth-order valence-corrected chi connectivity index (χ4v) is 5.87. The van der Waals surface area contributed by atoms with Gasteiger partial charge in [0, 0.05) is 25.2 Å². The Morgan fingerprint density at radius 2 is 1.50 bits per heavy atom. The van der Waals surface area contributed by atoms with Crippen LogP contribution in [0.4, 0.5) is 0 Å². The summed E-state index contributed by atoms with van der Waals surface area (Å²) < 4.78 is 23.8. The highest BCUT2D eigenvalue weighted by Gasteiger charge is 2.39. The van der Waals surface area contributed by atoms with E-state index in [2.05, 4.69) is 0 Å². The van der Waals surface area contributed by atoms with Gasteiger partial charge in [0.2, 0.25) is 11.8 Å². The van der Waals surface area contributed by atoms with Gasteiger partial charge >= 0.3 is 0 Å². The topological polar surface area (TPSA) is 78.0 Å². The lowest BCUT2D eigenvalue weighted by molar-refractivity contribution is -0.138. The minimum atomic E-state index is -3.04. The average molecular weight is 388 g/mol. The normalized spacial score (nSPS) is 22.7. The number of hydrogen-bond acceptors (Lipinski definition) is 5. The quantitative estimate of drug-likeness (QED) is 0.614. The zero-order chi connectivity index (χ0) is 19.3. The number of amides is 2. The smallest absolute Gasteiger partial charge is 0.237 e. The van der Waals surface area contributed by atoms with Crippen LogP contribution < -0.4 is 0 Å². The van der Waals surface area contributed by atoms with Gasteiger partial charge in [-0.25, -0.2) is 8.42 Å². The lowest BCUT2D eigenvalue weighted by Gasteiger charge is -2.35. The number of rotatable bonds is 8.